The Kier molecular flexibility index (Phi) is 5.75. The van der Waals surface area contributed by atoms with Gasteiger partial charge in [-0.3, -0.25) is 19.4 Å². The lowest BCUT2D eigenvalue weighted by Gasteiger charge is -2.27. The van der Waals surface area contributed by atoms with Crippen LogP contribution < -0.4 is 10.1 Å². The Bertz CT molecular complexity index is 1080. The van der Waals surface area contributed by atoms with E-state index in [1.165, 1.54) is 0 Å². The Labute approximate surface area is 180 Å². The van der Waals surface area contributed by atoms with E-state index >= 15 is 0 Å². The molecule has 0 spiro atoms. The quantitative estimate of drug-likeness (QED) is 0.634. The second-order valence-electron chi connectivity index (χ2n) is 7.96. The smallest absolute Gasteiger partial charge is 0.271 e. The van der Waals surface area contributed by atoms with Gasteiger partial charge in [-0.2, -0.15) is 10.2 Å². The van der Waals surface area contributed by atoms with E-state index in [9.17, 15) is 9.59 Å². The third-order valence-corrected chi connectivity index (χ3v) is 5.24. The monoisotopic (exact) mass is 422 g/mol. The number of carbonyl (C=O) groups excluding carboxylic acids is 2. The number of ether oxygens (including phenoxy) is 1. The fourth-order valence-electron chi connectivity index (χ4n) is 3.53. The molecule has 0 unspecified atom stereocenters. The Balaban J connectivity index is 1.50. The number of hydrogen-bond acceptors (Lipinski definition) is 5. The molecular formula is C22H26N6O3. The van der Waals surface area contributed by atoms with Gasteiger partial charge in [0, 0.05) is 18.7 Å². The van der Waals surface area contributed by atoms with E-state index in [-0.39, 0.29) is 11.8 Å². The molecule has 4 rings (SSSR count). The van der Waals surface area contributed by atoms with Gasteiger partial charge in [0.25, 0.3) is 11.8 Å². The molecule has 3 heterocycles. The second kappa shape index (κ2) is 8.63. The number of carbonyl (C=O) groups is 2. The molecule has 9 heteroatoms. The summed E-state index contributed by atoms with van der Waals surface area (Å²) in [6, 6.07) is 9.22. The predicted molar refractivity (Wildman–Crippen MR) is 115 cm³/mol. The number of H-pyrrole nitrogens is 1. The van der Waals surface area contributed by atoms with E-state index in [2.05, 4.69) is 20.6 Å². The fraction of sp³-hybridized carbons (Fsp3) is 0.364. The van der Waals surface area contributed by atoms with Gasteiger partial charge in [-0.1, -0.05) is 13.8 Å². The van der Waals surface area contributed by atoms with Crippen LogP contribution in [0.15, 0.2) is 36.5 Å². The number of methoxy groups -OCH3 is 1. The van der Waals surface area contributed by atoms with Crippen molar-refractivity contribution < 1.29 is 14.3 Å². The van der Waals surface area contributed by atoms with Crippen LogP contribution in [0.3, 0.4) is 0 Å². The summed E-state index contributed by atoms with van der Waals surface area (Å²) < 4.78 is 7.00. The van der Waals surface area contributed by atoms with E-state index < -0.39 is 0 Å². The first kappa shape index (κ1) is 20.6. The summed E-state index contributed by atoms with van der Waals surface area (Å²) in [5.41, 5.74) is 3.25. The Morgan fingerprint density at radius 2 is 2.00 bits per heavy atom. The SMILES string of the molecule is COc1ccc(-c2[nH]ncc2C(=O)N2CCn3nc(C(=O)NCC(C)C)cc3C2)cc1. The summed E-state index contributed by atoms with van der Waals surface area (Å²) in [5.74, 6) is 0.806. The van der Waals surface area contributed by atoms with Gasteiger partial charge < -0.3 is 15.0 Å². The van der Waals surface area contributed by atoms with E-state index in [0.717, 1.165) is 17.0 Å². The average Bonchev–Trinajstić information content (AvgIpc) is 3.43. The van der Waals surface area contributed by atoms with Gasteiger partial charge in [-0.05, 0) is 36.2 Å². The minimum Gasteiger partial charge on any atom is -0.497 e. The highest BCUT2D eigenvalue weighted by Crippen LogP contribution is 2.26. The molecule has 31 heavy (non-hydrogen) atoms. The van der Waals surface area contributed by atoms with Gasteiger partial charge in [0.1, 0.15) is 5.75 Å². The number of rotatable bonds is 6. The maximum absolute atomic E-state index is 13.2. The molecule has 0 aliphatic carbocycles. The number of hydrogen-bond donors (Lipinski definition) is 2. The molecule has 9 nitrogen and oxygen atoms in total. The van der Waals surface area contributed by atoms with Crippen LogP contribution >= 0.6 is 0 Å². The number of benzene rings is 1. The van der Waals surface area contributed by atoms with Crippen LogP contribution in [0.25, 0.3) is 11.3 Å². The van der Waals surface area contributed by atoms with Crippen LogP contribution in [-0.2, 0) is 13.1 Å². The van der Waals surface area contributed by atoms with E-state index in [1.807, 2.05) is 38.1 Å². The minimum atomic E-state index is -0.190. The van der Waals surface area contributed by atoms with Crippen molar-refractivity contribution in [2.24, 2.45) is 5.92 Å². The van der Waals surface area contributed by atoms with Crippen LogP contribution in [0, 0.1) is 5.92 Å². The number of fused-ring (bicyclic) bond motifs is 1. The summed E-state index contributed by atoms with van der Waals surface area (Å²) in [4.78, 5) is 27.3. The lowest BCUT2D eigenvalue weighted by molar-refractivity contribution is 0.0706. The number of aromatic amines is 1. The molecule has 1 aromatic carbocycles. The van der Waals surface area contributed by atoms with E-state index in [0.29, 0.717) is 49.0 Å². The van der Waals surface area contributed by atoms with Crippen LogP contribution in [0.2, 0.25) is 0 Å². The topological polar surface area (TPSA) is 105 Å². The van der Waals surface area contributed by atoms with Crippen LogP contribution in [0.4, 0.5) is 0 Å². The van der Waals surface area contributed by atoms with Gasteiger partial charge in [-0.15, -0.1) is 0 Å². The molecule has 2 N–H and O–H groups in total. The Morgan fingerprint density at radius 3 is 2.71 bits per heavy atom. The normalized spacial score (nSPS) is 13.2. The van der Waals surface area contributed by atoms with Crippen molar-refractivity contribution in [3.05, 3.63) is 53.5 Å². The van der Waals surface area contributed by atoms with Crippen molar-refractivity contribution in [2.45, 2.75) is 26.9 Å². The number of amides is 2. The molecule has 1 aliphatic rings. The number of aromatic nitrogens is 4. The van der Waals surface area contributed by atoms with Crippen molar-refractivity contribution in [1.29, 1.82) is 0 Å². The number of nitrogens with one attached hydrogen (secondary N) is 2. The summed E-state index contributed by atoms with van der Waals surface area (Å²) in [7, 11) is 1.61. The van der Waals surface area contributed by atoms with Gasteiger partial charge in [-0.25, -0.2) is 0 Å². The van der Waals surface area contributed by atoms with Crippen LogP contribution in [-0.4, -0.2) is 56.9 Å². The molecule has 0 radical (unpaired) electrons. The first-order chi connectivity index (χ1) is 15.0. The summed E-state index contributed by atoms with van der Waals surface area (Å²) in [6.07, 6.45) is 1.55. The summed E-state index contributed by atoms with van der Waals surface area (Å²) in [5, 5.41) is 14.3. The maximum atomic E-state index is 13.2. The van der Waals surface area contributed by atoms with Gasteiger partial charge in [0.2, 0.25) is 0 Å². The summed E-state index contributed by atoms with van der Waals surface area (Å²) >= 11 is 0. The standard InChI is InChI=1S/C22H26N6O3/c1-14(2)11-23-21(29)19-10-16-13-27(8-9-28(16)26-19)22(30)18-12-24-25-20(18)15-4-6-17(31-3)7-5-15/h4-7,10,12,14H,8-9,11,13H2,1-3H3,(H,23,29)(H,24,25). The first-order valence-corrected chi connectivity index (χ1v) is 10.3. The van der Waals surface area contributed by atoms with Crippen molar-refractivity contribution in [3.63, 3.8) is 0 Å². The second-order valence-corrected chi connectivity index (χ2v) is 7.96. The molecule has 0 saturated heterocycles. The zero-order chi connectivity index (χ0) is 22.0. The fourth-order valence-corrected chi connectivity index (χ4v) is 3.53. The zero-order valence-corrected chi connectivity index (χ0v) is 17.9. The van der Waals surface area contributed by atoms with Gasteiger partial charge in [0.15, 0.2) is 5.69 Å². The largest absolute Gasteiger partial charge is 0.497 e. The molecule has 0 fully saturated rings. The first-order valence-electron chi connectivity index (χ1n) is 10.3. The van der Waals surface area contributed by atoms with E-state index in [1.54, 1.807) is 29.0 Å². The van der Waals surface area contributed by atoms with Crippen molar-refractivity contribution in [2.75, 3.05) is 20.2 Å². The molecule has 0 saturated carbocycles. The molecule has 1 aliphatic heterocycles. The highest BCUT2D eigenvalue weighted by Gasteiger charge is 2.27. The van der Waals surface area contributed by atoms with Crippen molar-refractivity contribution >= 4 is 11.8 Å². The highest BCUT2D eigenvalue weighted by molar-refractivity contribution is 5.99. The Hall–Kier alpha value is -3.62. The summed E-state index contributed by atoms with van der Waals surface area (Å²) in [6.45, 7) is 6.11. The highest BCUT2D eigenvalue weighted by atomic mass is 16.5. The molecule has 0 atom stereocenters. The lowest BCUT2D eigenvalue weighted by Crippen LogP contribution is -2.38. The lowest BCUT2D eigenvalue weighted by atomic mass is 10.1. The molecule has 3 aromatic rings. The maximum Gasteiger partial charge on any atom is 0.271 e. The molecule has 2 amide bonds. The predicted octanol–water partition coefficient (Wildman–Crippen LogP) is 2.32. The third-order valence-electron chi connectivity index (χ3n) is 5.24. The van der Waals surface area contributed by atoms with Crippen LogP contribution in [0.5, 0.6) is 5.75 Å². The van der Waals surface area contributed by atoms with Gasteiger partial charge >= 0.3 is 0 Å². The minimum absolute atomic E-state index is 0.113. The van der Waals surface area contributed by atoms with Gasteiger partial charge in [0.05, 0.1) is 43.3 Å². The Morgan fingerprint density at radius 1 is 1.23 bits per heavy atom. The average molecular weight is 422 g/mol. The van der Waals surface area contributed by atoms with Crippen LogP contribution in [0.1, 0.15) is 40.4 Å². The molecular weight excluding hydrogens is 396 g/mol. The number of nitrogens with zero attached hydrogens (tertiary/aromatic N) is 4. The molecule has 162 valence electrons. The molecule has 2 aromatic heterocycles. The third kappa shape index (κ3) is 4.30. The zero-order valence-electron chi connectivity index (χ0n) is 17.9. The van der Waals surface area contributed by atoms with E-state index in [4.69, 9.17) is 4.74 Å². The van der Waals surface area contributed by atoms with Crippen molar-refractivity contribution in [3.8, 4) is 17.0 Å². The molecule has 0 bridgehead atoms. The van der Waals surface area contributed by atoms with Crippen molar-refractivity contribution in [1.82, 2.24) is 30.2 Å².